The van der Waals surface area contributed by atoms with Crippen molar-refractivity contribution in [3.8, 4) is 0 Å². The second-order valence-corrected chi connectivity index (χ2v) is 18.3. The fourth-order valence-corrected chi connectivity index (χ4v) is 11.2. The van der Waals surface area contributed by atoms with Gasteiger partial charge in [0.1, 0.15) is 0 Å². The van der Waals surface area contributed by atoms with Crippen LogP contribution in [-0.2, 0) is 48.9 Å². The fourth-order valence-electron chi connectivity index (χ4n) is 11.2. The van der Waals surface area contributed by atoms with Gasteiger partial charge in [-0.1, -0.05) is 24.3 Å². The van der Waals surface area contributed by atoms with Crippen molar-refractivity contribution in [1.29, 1.82) is 0 Å². The van der Waals surface area contributed by atoms with Crippen molar-refractivity contribution in [2.75, 3.05) is 13.2 Å². The van der Waals surface area contributed by atoms with Gasteiger partial charge in [-0.3, -0.25) is 48.9 Å². The zero-order chi connectivity index (χ0) is 48.7. The number of carbonyl (C=O) groups is 2. The van der Waals surface area contributed by atoms with Crippen LogP contribution in [0, 0.1) is 23.7 Å². The summed E-state index contributed by atoms with van der Waals surface area (Å²) < 4.78 is 3.63. The Morgan fingerprint density at radius 1 is 0.543 bits per heavy atom. The van der Waals surface area contributed by atoms with Gasteiger partial charge in [-0.25, -0.2) is 0 Å². The minimum Gasteiger partial charge on any atom is -0.396 e. The highest BCUT2D eigenvalue weighted by atomic mass is 16.3. The van der Waals surface area contributed by atoms with Crippen molar-refractivity contribution >= 4 is 24.0 Å². The molecular formula is C54H58N10O6. The van der Waals surface area contributed by atoms with Gasteiger partial charge < -0.3 is 30.0 Å². The minimum absolute atomic E-state index is 0.0331. The first-order chi connectivity index (χ1) is 34.2. The Morgan fingerprint density at radius 2 is 0.886 bits per heavy atom. The van der Waals surface area contributed by atoms with Crippen LogP contribution in [-0.4, -0.2) is 86.2 Å². The monoisotopic (exact) mass is 942 g/mol. The van der Waals surface area contributed by atoms with Crippen molar-refractivity contribution < 1.29 is 19.8 Å². The Hall–Kier alpha value is -7.24. The molecule has 70 heavy (non-hydrogen) atoms. The topological polar surface area (TPSA) is 201 Å². The zero-order valence-electron chi connectivity index (χ0n) is 39.2. The molecule has 6 aromatic heterocycles. The molecule has 2 fully saturated rings. The number of likely N-dealkylation sites (tertiary alicyclic amines) is 2. The Labute approximate surface area is 406 Å². The summed E-state index contributed by atoms with van der Waals surface area (Å²) in [5.41, 5.74) is 6.97. The van der Waals surface area contributed by atoms with Gasteiger partial charge in [0.2, 0.25) is 11.8 Å². The lowest BCUT2D eigenvalue weighted by molar-refractivity contribution is -0.128. The highest BCUT2D eigenvalue weighted by molar-refractivity contribution is 5.83. The summed E-state index contributed by atoms with van der Waals surface area (Å²) in [6.45, 7) is 6.27. The molecule has 360 valence electrons. The van der Waals surface area contributed by atoms with Gasteiger partial charge in [0, 0.05) is 148 Å². The lowest BCUT2D eigenvalue weighted by Gasteiger charge is -2.31. The van der Waals surface area contributed by atoms with Crippen LogP contribution in [0.2, 0.25) is 0 Å². The Bertz CT molecular complexity index is 2750. The van der Waals surface area contributed by atoms with Crippen LogP contribution in [0.15, 0.2) is 144 Å². The molecule has 0 radical (unpaired) electrons. The number of carbonyl (C=O) groups excluding carboxylic acids is 2. The van der Waals surface area contributed by atoms with Gasteiger partial charge in [-0.05, 0) is 109 Å². The van der Waals surface area contributed by atoms with Gasteiger partial charge in [0.15, 0.2) is 0 Å². The maximum atomic E-state index is 13.6. The quantitative estimate of drug-likeness (QED) is 0.121. The average molecular weight is 943 g/mol. The van der Waals surface area contributed by atoms with E-state index in [0.717, 1.165) is 33.6 Å². The molecule has 10 rings (SSSR count). The first-order valence-corrected chi connectivity index (χ1v) is 23.8. The van der Waals surface area contributed by atoms with Gasteiger partial charge in [0.25, 0.3) is 11.1 Å². The Balaban J connectivity index is 0.000000174. The molecule has 4 aliphatic rings. The summed E-state index contributed by atoms with van der Waals surface area (Å²) in [4.78, 5) is 74.0. The molecule has 4 aliphatic heterocycles. The number of hydrogen-bond donors (Lipinski definition) is 4. The number of nitrogens with zero attached hydrogens (tertiary/aromatic N) is 8. The van der Waals surface area contributed by atoms with Crippen LogP contribution < -0.4 is 21.8 Å². The number of rotatable bonds is 14. The first kappa shape index (κ1) is 47.8. The predicted molar refractivity (Wildman–Crippen MR) is 264 cm³/mol. The molecular weight excluding hydrogens is 885 g/mol. The molecule has 0 saturated carbocycles. The summed E-state index contributed by atoms with van der Waals surface area (Å²) in [6, 6.07) is 21.6. The van der Waals surface area contributed by atoms with Gasteiger partial charge in [-0.2, -0.15) is 0 Å². The van der Waals surface area contributed by atoms with E-state index in [0.29, 0.717) is 50.4 Å². The number of amides is 2. The summed E-state index contributed by atoms with van der Waals surface area (Å²) in [6.07, 6.45) is 21.1. The van der Waals surface area contributed by atoms with E-state index in [-0.39, 0.29) is 71.9 Å². The number of aliphatic hydroxyl groups is 2. The van der Waals surface area contributed by atoms with Crippen molar-refractivity contribution in [3.05, 3.63) is 200 Å². The van der Waals surface area contributed by atoms with E-state index in [1.54, 1.807) is 49.6 Å². The van der Waals surface area contributed by atoms with Crippen molar-refractivity contribution in [2.45, 2.75) is 77.3 Å². The number of aromatic nitrogens is 6. The van der Waals surface area contributed by atoms with Gasteiger partial charge >= 0.3 is 0 Å². The normalized spacial score (nSPS) is 23.4. The molecule has 0 bridgehead atoms. The second-order valence-electron chi connectivity index (χ2n) is 18.3. The van der Waals surface area contributed by atoms with Crippen LogP contribution >= 0.6 is 0 Å². The molecule has 0 spiro atoms. The third kappa shape index (κ3) is 9.55. The fraction of sp³-hybridized carbons (Fsp3) is 0.333. The smallest absolute Gasteiger partial charge is 0.258 e. The summed E-state index contributed by atoms with van der Waals surface area (Å²) >= 11 is 0. The Morgan fingerprint density at radius 3 is 1.21 bits per heavy atom. The van der Waals surface area contributed by atoms with E-state index in [4.69, 9.17) is 0 Å². The first-order valence-electron chi connectivity index (χ1n) is 23.8. The van der Waals surface area contributed by atoms with Crippen LogP contribution in [0.3, 0.4) is 0 Å². The molecule has 2 saturated heterocycles. The van der Waals surface area contributed by atoms with Crippen LogP contribution in [0.5, 0.6) is 0 Å². The van der Waals surface area contributed by atoms with Crippen molar-refractivity contribution in [2.24, 2.45) is 23.7 Å². The highest BCUT2D eigenvalue weighted by Gasteiger charge is 2.57. The SMILES string of the molecule is C/C=C/c1ccc2n(c1=O)C[C@H]1[C@H](CO)[C@@H](C(=O)NCc3ccncc3)N(Cc3ccncc3)[C@@H]21.C/C=C\c1ccc2n(c1=O)C[C@H]1[C@H](CO)[C@@H](C(=O)NCc3ccncc3)N(Cc3ccncc3)[C@@H]21. The number of hydrogen-bond acceptors (Lipinski definition) is 12. The van der Waals surface area contributed by atoms with Crippen molar-refractivity contribution in [1.82, 2.24) is 49.5 Å². The molecule has 8 atom stereocenters. The van der Waals surface area contributed by atoms with E-state index in [1.165, 1.54) is 0 Å². The predicted octanol–water partition coefficient (Wildman–Crippen LogP) is 4.30. The summed E-state index contributed by atoms with van der Waals surface area (Å²) in [5.74, 6) is -0.945. The second kappa shape index (κ2) is 21.6. The van der Waals surface area contributed by atoms with E-state index >= 15 is 0 Å². The minimum atomic E-state index is -0.524. The van der Waals surface area contributed by atoms with E-state index in [9.17, 15) is 29.4 Å². The molecule has 0 aliphatic carbocycles. The highest BCUT2D eigenvalue weighted by Crippen LogP contribution is 2.51. The molecule has 2 amide bonds. The summed E-state index contributed by atoms with van der Waals surface area (Å²) in [5, 5.41) is 27.1. The van der Waals surface area contributed by atoms with E-state index in [1.807, 2.05) is 120 Å². The molecule has 0 unspecified atom stereocenters. The zero-order valence-corrected chi connectivity index (χ0v) is 39.2. The van der Waals surface area contributed by atoms with Crippen molar-refractivity contribution in [3.63, 3.8) is 0 Å². The lowest BCUT2D eigenvalue weighted by Crippen LogP contribution is -2.47. The van der Waals surface area contributed by atoms with Crippen LogP contribution in [0.1, 0.15) is 70.7 Å². The largest absolute Gasteiger partial charge is 0.396 e. The maximum absolute atomic E-state index is 13.6. The average Bonchev–Trinajstić information content (AvgIpc) is 4.13. The number of allylic oxidation sites excluding steroid dienone is 2. The molecule has 16 nitrogen and oxygen atoms in total. The molecule has 16 heteroatoms. The van der Waals surface area contributed by atoms with Gasteiger partial charge in [0.05, 0.1) is 24.2 Å². The van der Waals surface area contributed by atoms with Crippen LogP contribution in [0.25, 0.3) is 12.2 Å². The standard InChI is InChI=1S/2C27H29N5O3/c2*1-2-3-20-4-5-23-24-21(16-31(23)27(20)35)22(17-33)25(32(24)15-19-8-12-29-13-9-19)26(34)30-14-18-6-10-28-11-7-18/h2*2-13,21-22,24-25,33H,14-17H2,1H3,(H,30,34)/b3-2+;3-2-/t2*21-,22-,24+,25-/m00/s1. The van der Waals surface area contributed by atoms with E-state index < -0.39 is 12.1 Å². The molecule has 4 N–H and O–H groups in total. The number of pyridine rings is 6. The maximum Gasteiger partial charge on any atom is 0.258 e. The third-order valence-corrected chi connectivity index (χ3v) is 14.3. The third-order valence-electron chi connectivity index (χ3n) is 14.3. The van der Waals surface area contributed by atoms with E-state index in [2.05, 4.69) is 40.4 Å². The molecule has 10 heterocycles. The summed E-state index contributed by atoms with van der Waals surface area (Å²) in [7, 11) is 0. The Kier molecular flexibility index (Phi) is 14.7. The molecule has 0 aromatic carbocycles. The number of fused-ring (bicyclic) bond motifs is 6. The number of aliphatic hydroxyl groups excluding tert-OH is 2. The van der Waals surface area contributed by atoms with Gasteiger partial charge in [-0.15, -0.1) is 0 Å². The van der Waals surface area contributed by atoms with Crippen LogP contribution in [0.4, 0.5) is 0 Å². The molecule has 6 aromatic rings. The number of nitrogens with one attached hydrogen (secondary N) is 2. The lowest BCUT2D eigenvalue weighted by atomic mass is 9.88.